The molecule has 5 heteroatoms. The van der Waals surface area contributed by atoms with E-state index in [1.165, 1.54) is 0 Å². The zero-order chi connectivity index (χ0) is 12.8. The number of hydrogen-bond acceptors (Lipinski definition) is 3. The molecule has 2 aromatic rings. The summed E-state index contributed by atoms with van der Waals surface area (Å²) in [5, 5.41) is 13.1. The van der Waals surface area contributed by atoms with Crippen LogP contribution in [0.3, 0.4) is 0 Å². The molecule has 0 aliphatic carbocycles. The first kappa shape index (κ1) is 12.3. The van der Waals surface area contributed by atoms with Crippen molar-refractivity contribution in [1.29, 1.82) is 0 Å². The molecule has 0 saturated carbocycles. The average molecular weight is 245 g/mol. The lowest BCUT2D eigenvalue weighted by Gasteiger charge is -2.21. The van der Waals surface area contributed by atoms with Crippen LogP contribution in [0.1, 0.15) is 0 Å². The van der Waals surface area contributed by atoms with E-state index in [1.807, 2.05) is 30.3 Å². The topological polar surface area (TPSA) is 58.4 Å². The van der Waals surface area contributed by atoms with Crippen LogP contribution in [0.4, 0.5) is 5.69 Å². The molecule has 1 aromatic heterocycles. The van der Waals surface area contributed by atoms with Gasteiger partial charge in [-0.1, -0.05) is 18.2 Å². The first-order valence-corrected chi connectivity index (χ1v) is 5.75. The zero-order valence-electron chi connectivity index (χ0n) is 9.94. The van der Waals surface area contributed by atoms with E-state index in [1.54, 1.807) is 28.0 Å². The number of para-hydroxylation sites is 1. The standard InChI is InChI=1S/C13H15N3O2/c17-10-9-16(12-5-2-1-3-6-12)13(18)11-15-8-4-7-14-15/h1-8,17H,9-11H2. The molecule has 1 aromatic carbocycles. The fourth-order valence-corrected chi connectivity index (χ4v) is 1.72. The van der Waals surface area contributed by atoms with Crippen LogP contribution in [0.15, 0.2) is 48.8 Å². The van der Waals surface area contributed by atoms with E-state index >= 15 is 0 Å². The van der Waals surface area contributed by atoms with Gasteiger partial charge in [0.25, 0.3) is 0 Å². The van der Waals surface area contributed by atoms with Gasteiger partial charge >= 0.3 is 0 Å². The van der Waals surface area contributed by atoms with Gasteiger partial charge < -0.3 is 10.0 Å². The van der Waals surface area contributed by atoms with Crippen LogP contribution in [-0.4, -0.2) is 33.9 Å². The molecule has 18 heavy (non-hydrogen) atoms. The van der Waals surface area contributed by atoms with Gasteiger partial charge in [0, 0.05) is 24.6 Å². The highest BCUT2D eigenvalue weighted by Gasteiger charge is 2.15. The lowest BCUT2D eigenvalue weighted by molar-refractivity contribution is -0.119. The minimum atomic E-state index is -0.0982. The summed E-state index contributed by atoms with van der Waals surface area (Å²) >= 11 is 0. The Balaban J connectivity index is 2.12. The fraction of sp³-hybridized carbons (Fsp3) is 0.231. The first-order valence-electron chi connectivity index (χ1n) is 5.75. The first-order chi connectivity index (χ1) is 8.81. The molecule has 2 rings (SSSR count). The second-order valence-electron chi connectivity index (χ2n) is 3.81. The van der Waals surface area contributed by atoms with E-state index in [-0.39, 0.29) is 25.6 Å². The van der Waals surface area contributed by atoms with E-state index in [0.717, 1.165) is 5.69 Å². The Bertz CT molecular complexity index is 482. The van der Waals surface area contributed by atoms with E-state index in [0.29, 0.717) is 0 Å². The zero-order valence-corrected chi connectivity index (χ0v) is 9.94. The van der Waals surface area contributed by atoms with E-state index in [9.17, 15) is 4.79 Å². The van der Waals surface area contributed by atoms with Gasteiger partial charge in [0.15, 0.2) is 0 Å². The largest absolute Gasteiger partial charge is 0.395 e. The van der Waals surface area contributed by atoms with Gasteiger partial charge in [-0.2, -0.15) is 5.10 Å². The number of carbonyl (C=O) groups excluding carboxylic acids is 1. The van der Waals surface area contributed by atoms with Crippen LogP contribution in [0.5, 0.6) is 0 Å². The molecule has 0 atom stereocenters. The Labute approximate surface area is 105 Å². The van der Waals surface area contributed by atoms with Gasteiger partial charge in [-0.25, -0.2) is 0 Å². The summed E-state index contributed by atoms with van der Waals surface area (Å²) in [6.07, 6.45) is 3.37. The summed E-state index contributed by atoms with van der Waals surface area (Å²) in [6.45, 7) is 0.381. The number of carbonyl (C=O) groups is 1. The maximum absolute atomic E-state index is 12.2. The average Bonchev–Trinajstić information content (AvgIpc) is 2.89. The van der Waals surface area contributed by atoms with Crippen LogP contribution >= 0.6 is 0 Å². The predicted octanol–water partition coefficient (Wildman–Crippen LogP) is 0.909. The minimum absolute atomic E-state index is 0.0697. The highest BCUT2D eigenvalue weighted by Crippen LogP contribution is 2.13. The van der Waals surface area contributed by atoms with Gasteiger partial charge in [-0.15, -0.1) is 0 Å². The van der Waals surface area contributed by atoms with Crippen LogP contribution in [0, 0.1) is 0 Å². The number of amides is 1. The fourth-order valence-electron chi connectivity index (χ4n) is 1.72. The normalized spacial score (nSPS) is 10.3. The van der Waals surface area contributed by atoms with Crippen molar-refractivity contribution in [2.24, 2.45) is 0 Å². The third kappa shape index (κ3) is 2.95. The number of benzene rings is 1. The third-order valence-electron chi connectivity index (χ3n) is 2.55. The Kier molecular flexibility index (Phi) is 4.09. The van der Waals surface area contributed by atoms with Gasteiger partial charge in [-0.05, 0) is 18.2 Å². The van der Waals surface area contributed by atoms with Crippen molar-refractivity contribution in [2.75, 3.05) is 18.1 Å². The highest BCUT2D eigenvalue weighted by atomic mass is 16.3. The number of nitrogens with zero attached hydrogens (tertiary/aromatic N) is 3. The van der Waals surface area contributed by atoms with Gasteiger partial charge in [-0.3, -0.25) is 9.48 Å². The van der Waals surface area contributed by atoms with E-state index < -0.39 is 0 Å². The van der Waals surface area contributed by atoms with Crippen LogP contribution in [-0.2, 0) is 11.3 Å². The summed E-state index contributed by atoms with van der Waals surface area (Å²) in [4.78, 5) is 13.7. The van der Waals surface area contributed by atoms with E-state index in [2.05, 4.69) is 5.10 Å². The minimum Gasteiger partial charge on any atom is -0.395 e. The summed E-state index contributed by atoms with van der Waals surface area (Å²) in [6, 6.07) is 11.1. The number of anilines is 1. The Morgan fingerprint density at radius 3 is 2.67 bits per heavy atom. The van der Waals surface area contributed by atoms with Crippen molar-refractivity contribution < 1.29 is 9.90 Å². The number of rotatable bonds is 5. The van der Waals surface area contributed by atoms with Crippen LogP contribution < -0.4 is 4.90 Å². The maximum atomic E-state index is 12.2. The smallest absolute Gasteiger partial charge is 0.248 e. The molecule has 0 saturated heterocycles. The van der Waals surface area contributed by atoms with Gasteiger partial charge in [0.2, 0.25) is 5.91 Å². The SMILES string of the molecule is O=C(Cn1cccn1)N(CCO)c1ccccc1. The van der Waals surface area contributed by atoms with Crippen molar-refractivity contribution in [2.45, 2.75) is 6.54 Å². The molecule has 0 aliphatic rings. The molecule has 0 spiro atoms. The summed E-state index contributed by atoms with van der Waals surface area (Å²) < 4.78 is 1.57. The molecular formula is C13H15N3O2. The van der Waals surface area contributed by atoms with Crippen LogP contribution in [0.2, 0.25) is 0 Å². The molecule has 0 unspecified atom stereocenters. The predicted molar refractivity (Wildman–Crippen MR) is 68.1 cm³/mol. The monoisotopic (exact) mass is 245 g/mol. The van der Waals surface area contributed by atoms with Crippen molar-refractivity contribution in [3.8, 4) is 0 Å². The van der Waals surface area contributed by atoms with Crippen molar-refractivity contribution in [3.63, 3.8) is 0 Å². The van der Waals surface area contributed by atoms with Crippen LogP contribution in [0.25, 0.3) is 0 Å². The molecule has 0 aliphatic heterocycles. The molecule has 0 bridgehead atoms. The van der Waals surface area contributed by atoms with Crippen molar-refractivity contribution in [1.82, 2.24) is 9.78 Å². The van der Waals surface area contributed by atoms with Crippen molar-refractivity contribution in [3.05, 3.63) is 48.8 Å². The molecule has 5 nitrogen and oxygen atoms in total. The second kappa shape index (κ2) is 5.97. The molecule has 1 N–H and O–H groups in total. The highest BCUT2D eigenvalue weighted by molar-refractivity contribution is 5.93. The number of aliphatic hydroxyl groups is 1. The molecule has 1 heterocycles. The third-order valence-corrected chi connectivity index (χ3v) is 2.55. The van der Waals surface area contributed by atoms with Gasteiger partial charge in [0.05, 0.1) is 6.61 Å². The Morgan fingerprint density at radius 2 is 2.06 bits per heavy atom. The lowest BCUT2D eigenvalue weighted by Crippen LogP contribution is -2.36. The Morgan fingerprint density at radius 1 is 1.28 bits per heavy atom. The second-order valence-corrected chi connectivity index (χ2v) is 3.81. The lowest BCUT2D eigenvalue weighted by atomic mass is 10.3. The van der Waals surface area contributed by atoms with Gasteiger partial charge in [0.1, 0.15) is 6.54 Å². The maximum Gasteiger partial charge on any atom is 0.248 e. The molecule has 0 radical (unpaired) electrons. The molecule has 1 amide bonds. The molecular weight excluding hydrogens is 230 g/mol. The number of aromatic nitrogens is 2. The number of hydrogen-bond donors (Lipinski definition) is 1. The summed E-state index contributed by atoms with van der Waals surface area (Å²) in [5.74, 6) is -0.0982. The van der Waals surface area contributed by atoms with Crippen molar-refractivity contribution >= 4 is 11.6 Å². The molecule has 94 valence electrons. The van der Waals surface area contributed by atoms with E-state index in [4.69, 9.17) is 5.11 Å². The quantitative estimate of drug-likeness (QED) is 0.851. The molecule has 0 fully saturated rings. The Hall–Kier alpha value is -2.14. The summed E-state index contributed by atoms with van der Waals surface area (Å²) in [7, 11) is 0. The summed E-state index contributed by atoms with van der Waals surface area (Å²) in [5.41, 5.74) is 0.781. The number of aliphatic hydroxyl groups excluding tert-OH is 1.